The second-order valence-corrected chi connectivity index (χ2v) is 4.60. The van der Waals surface area contributed by atoms with Crippen LogP contribution in [0.25, 0.3) is 22.8 Å². The Bertz CT molecular complexity index is 934. The zero-order valence-corrected chi connectivity index (χ0v) is 11.4. The van der Waals surface area contributed by atoms with Crippen molar-refractivity contribution >= 4 is 28.5 Å². The van der Waals surface area contributed by atoms with E-state index in [4.69, 9.17) is 0 Å². The van der Waals surface area contributed by atoms with E-state index < -0.39 is 4.92 Å². The monoisotopic (exact) mass is 290 g/mol. The van der Waals surface area contributed by atoms with Gasteiger partial charge in [-0.1, -0.05) is 24.3 Å². The molecule has 0 amide bonds. The number of allylic oxidation sites excluding steroid dienone is 1. The SMILES string of the molecule is N#CC(=Cc1cccc([N+](=O)[O-])c1)n1cnc2ccccc21. The normalized spacial score (nSPS) is 11.3. The van der Waals surface area contributed by atoms with Crippen molar-refractivity contribution in [3.8, 4) is 6.07 Å². The second kappa shape index (κ2) is 5.50. The van der Waals surface area contributed by atoms with Gasteiger partial charge in [-0.3, -0.25) is 14.7 Å². The molecule has 0 radical (unpaired) electrons. The molecule has 0 aliphatic carbocycles. The fourth-order valence-electron chi connectivity index (χ4n) is 2.19. The number of rotatable bonds is 3. The Morgan fingerprint density at radius 1 is 1.27 bits per heavy atom. The van der Waals surface area contributed by atoms with Gasteiger partial charge in [0.05, 0.1) is 16.0 Å². The molecule has 1 aromatic heterocycles. The van der Waals surface area contributed by atoms with Crippen LogP contribution in [0.2, 0.25) is 0 Å². The van der Waals surface area contributed by atoms with Crippen molar-refractivity contribution in [2.75, 3.05) is 0 Å². The minimum absolute atomic E-state index is 0.0125. The molecule has 0 unspecified atom stereocenters. The molecule has 1 heterocycles. The molecule has 6 nitrogen and oxygen atoms in total. The Hall–Kier alpha value is -3.46. The first-order valence-corrected chi connectivity index (χ1v) is 6.48. The van der Waals surface area contributed by atoms with Crippen LogP contribution >= 0.6 is 0 Å². The molecular weight excluding hydrogens is 280 g/mol. The van der Waals surface area contributed by atoms with Gasteiger partial charge in [0.2, 0.25) is 0 Å². The second-order valence-electron chi connectivity index (χ2n) is 4.60. The average Bonchev–Trinajstić information content (AvgIpc) is 2.97. The topological polar surface area (TPSA) is 84.7 Å². The van der Waals surface area contributed by atoms with Gasteiger partial charge >= 0.3 is 0 Å². The first-order chi connectivity index (χ1) is 10.7. The zero-order chi connectivity index (χ0) is 15.5. The van der Waals surface area contributed by atoms with Crippen molar-refractivity contribution in [2.45, 2.75) is 0 Å². The number of para-hydroxylation sites is 2. The van der Waals surface area contributed by atoms with E-state index in [9.17, 15) is 15.4 Å². The number of nitro groups is 1. The lowest BCUT2D eigenvalue weighted by atomic mass is 10.1. The Balaban J connectivity index is 2.10. The zero-order valence-electron chi connectivity index (χ0n) is 11.4. The standard InChI is InChI=1S/C16H10N4O2/c17-10-14(9-12-4-3-5-13(8-12)20(21)22)19-11-18-15-6-1-2-7-16(15)19/h1-9,11H. The van der Waals surface area contributed by atoms with Gasteiger partial charge in [-0.2, -0.15) is 5.26 Å². The van der Waals surface area contributed by atoms with E-state index in [1.165, 1.54) is 12.1 Å². The van der Waals surface area contributed by atoms with Crippen molar-refractivity contribution in [3.63, 3.8) is 0 Å². The number of benzene rings is 2. The largest absolute Gasteiger partial charge is 0.290 e. The highest BCUT2D eigenvalue weighted by Crippen LogP contribution is 2.20. The van der Waals surface area contributed by atoms with E-state index in [-0.39, 0.29) is 5.69 Å². The van der Waals surface area contributed by atoms with Crippen molar-refractivity contribution < 1.29 is 4.92 Å². The highest BCUT2D eigenvalue weighted by molar-refractivity contribution is 5.87. The molecule has 3 aromatic rings. The third-order valence-electron chi connectivity index (χ3n) is 3.21. The average molecular weight is 290 g/mol. The van der Waals surface area contributed by atoms with E-state index >= 15 is 0 Å². The molecule has 22 heavy (non-hydrogen) atoms. The fourth-order valence-corrected chi connectivity index (χ4v) is 2.19. The molecule has 0 bridgehead atoms. The molecule has 0 fully saturated rings. The summed E-state index contributed by atoms with van der Waals surface area (Å²) in [6.45, 7) is 0. The van der Waals surface area contributed by atoms with Crippen LogP contribution < -0.4 is 0 Å². The van der Waals surface area contributed by atoms with Crippen LogP contribution in [-0.4, -0.2) is 14.5 Å². The van der Waals surface area contributed by atoms with E-state index in [1.807, 2.05) is 24.3 Å². The summed E-state index contributed by atoms with van der Waals surface area (Å²) in [6, 6.07) is 15.7. The summed E-state index contributed by atoms with van der Waals surface area (Å²) < 4.78 is 1.66. The summed E-state index contributed by atoms with van der Waals surface area (Å²) in [5.74, 6) is 0. The molecule has 0 atom stereocenters. The Labute approximate surface area is 125 Å². The number of non-ortho nitro benzene ring substituents is 1. The lowest BCUT2D eigenvalue weighted by molar-refractivity contribution is -0.384. The Morgan fingerprint density at radius 3 is 2.86 bits per heavy atom. The Morgan fingerprint density at radius 2 is 2.09 bits per heavy atom. The molecular formula is C16H10N4O2. The molecule has 0 saturated heterocycles. The Kier molecular flexibility index (Phi) is 3.38. The molecule has 0 aliphatic rings. The van der Waals surface area contributed by atoms with Crippen LogP contribution in [0.1, 0.15) is 5.56 Å². The predicted octanol–water partition coefficient (Wildman–Crippen LogP) is 3.47. The quantitative estimate of drug-likeness (QED) is 0.420. The van der Waals surface area contributed by atoms with Crippen molar-refractivity contribution in [1.82, 2.24) is 9.55 Å². The van der Waals surface area contributed by atoms with Crippen molar-refractivity contribution in [2.24, 2.45) is 0 Å². The van der Waals surface area contributed by atoms with Gasteiger partial charge in [-0.15, -0.1) is 0 Å². The number of nitro benzene ring substituents is 1. The van der Waals surface area contributed by atoms with Crippen LogP contribution in [0, 0.1) is 21.4 Å². The van der Waals surface area contributed by atoms with Crippen LogP contribution in [0.15, 0.2) is 54.9 Å². The van der Waals surface area contributed by atoms with Gasteiger partial charge in [-0.05, 0) is 23.8 Å². The number of nitriles is 1. The lowest BCUT2D eigenvalue weighted by Gasteiger charge is -2.02. The van der Waals surface area contributed by atoms with Gasteiger partial charge in [0.1, 0.15) is 18.1 Å². The number of fused-ring (bicyclic) bond motifs is 1. The maximum atomic E-state index is 10.8. The summed E-state index contributed by atoms with van der Waals surface area (Å²) in [6.07, 6.45) is 3.16. The van der Waals surface area contributed by atoms with Gasteiger partial charge in [0.15, 0.2) is 0 Å². The minimum Gasteiger partial charge on any atom is -0.290 e. The van der Waals surface area contributed by atoms with E-state index in [1.54, 1.807) is 29.1 Å². The molecule has 2 aromatic carbocycles. The van der Waals surface area contributed by atoms with Crippen LogP contribution in [0.3, 0.4) is 0 Å². The summed E-state index contributed by atoms with van der Waals surface area (Å²) in [4.78, 5) is 14.6. The van der Waals surface area contributed by atoms with E-state index in [2.05, 4.69) is 11.1 Å². The number of hydrogen-bond acceptors (Lipinski definition) is 4. The van der Waals surface area contributed by atoms with Crippen molar-refractivity contribution in [1.29, 1.82) is 5.26 Å². The summed E-state index contributed by atoms with van der Waals surface area (Å²) in [5.41, 5.74) is 2.50. The van der Waals surface area contributed by atoms with Gasteiger partial charge in [0.25, 0.3) is 5.69 Å². The molecule has 0 aliphatic heterocycles. The maximum absolute atomic E-state index is 10.8. The number of aromatic nitrogens is 2. The fraction of sp³-hybridized carbons (Fsp3) is 0. The van der Waals surface area contributed by atoms with E-state index in [0.717, 1.165) is 11.0 Å². The van der Waals surface area contributed by atoms with Crippen LogP contribution in [-0.2, 0) is 0 Å². The minimum atomic E-state index is -0.462. The first kappa shape index (κ1) is 13.5. The lowest BCUT2D eigenvalue weighted by Crippen LogP contribution is -1.93. The third-order valence-corrected chi connectivity index (χ3v) is 3.21. The summed E-state index contributed by atoms with van der Waals surface area (Å²) in [5, 5.41) is 20.2. The van der Waals surface area contributed by atoms with Gasteiger partial charge < -0.3 is 0 Å². The highest BCUT2D eigenvalue weighted by Gasteiger charge is 2.08. The van der Waals surface area contributed by atoms with E-state index in [0.29, 0.717) is 11.3 Å². The predicted molar refractivity (Wildman–Crippen MR) is 82.6 cm³/mol. The summed E-state index contributed by atoms with van der Waals surface area (Å²) in [7, 11) is 0. The highest BCUT2D eigenvalue weighted by atomic mass is 16.6. The molecule has 0 spiro atoms. The van der Waals surface area contributed by atoms with Gasteiger partial charge in [-0.25, -0.2) is 4.98 Å². The number of nitrogens with zero attached hydrogens (tertiary/aromatic N) is 4. The molecule has 0 N–H and O–H groups in total. The van der Waals surface area contributed by atoms with Crippen molar-refractivity contribution in [3.05, 3.63) is 70.5 Å². The maximum Gasteiger partial charge on any atom is 0.270 e. The molecule has 6 heteroatoms. The molecule has 3 rings (SSSR count). The molecule has 0 saturated carbocycles. The van der Waals surface area contributed by atoms with Gasteiger partial charge in [0, 0.05) is 12.1 Å². The summed E-state index contributed by atoms with van der Waals surface area (Å²) >= 11 is 0. The first-order valence-electron chi connectivity index (χ1n) is 6.48. The smallest absolute Gasteiger partial charge is 0.270 e. The third kappa shape index (κ3) is 2.43. The molecule has 106 valence electrons. The number of hydrogen-bond donors (Lipinski definition) is 0. The van der Waals surface area contributed by atoms with Crippen LogP contribution in [0.4, 0.5) is 5.69 Å². The van der Waals surface area contributed by atoms with Crippen LogP contribution in [0.5, 0.6) is 0 Å². The number of imidazole rings is 1.